The maximum atomic E-state index is 12.7. The highest BCUT2D eigenvalue weighted by atomic mass is 16.2. The van der Waals surface area contributed by atoms with Gasteiger partial charge in [0.1, 0.15) is 0 Å². The van der Waals surface area contributed by atoms with Gasteiger partial charge in [-0.2, -0.15) is 0 Å². The highest BCUT2D eigenvalue weighted by molar-refractivity contribution is 6.01. The second-order valence-electron chi connectivity index (χ2n) is 18.1. The maximum Gasteiger partial charge on any atom is 0.251 e. The van der Waals surface area contributed by atoms with Crippen LogP contribution in [0.15, 0.2) is 231 Å². The third-order valence-electron chi connectivity index (χ3n) is 12.8. The van der Waals surface area contributed by atoms with Crippen LogP contribution in [0.25, 0.3) is 0 Å². The number of amides is 6. The molecule has 0 saturated carbocycles. The SMILES string of the molecule is O=C(/C=C/C(=O)NCC(c1ccccc1)c1ccccc1)NCC(c1ccccc1)c1ccccc1.O=C1NCc2ccc(cc2)CNC(=O)c2cccc(c2)C(=O)NCc2ccc(cc2)CNC(=O)c2cccc1c2. The topological polar surface area (TPSA) is 175 Å². The zero-order chi connectivity index (χ0) is 52.9. The lowest BCUT2D eigenvalue weighted by Crippen LogP contribution is -2.29. The van der Waals surface area contributed by atoms with Gasteiger partial charge in [-0.15, -0.1) is 0 Å². The van der Waals surface area contributed by atoms with E-state index in [-0.39, 0.29) is 47.3 Å². The van der Waals surface area contributed by atoms with Crippen molar-refractivity contribution in [3.8, 4) is 0 Å². The number of hydrogen-bond donors (Lipinski definition) is 6. The average molecular weight is 1010 g/mol. The van der Waals surface area contributed by atoms with E-state index in [2.05, 4.69) is 80.4 Å². The van der Waals surface area contributed by atoms with Gasteiger partial charge < -0.3 is 31.9 Å². The molecule has 6 amide bonds. The fraction of sp³-hybridized carbons (Fsp3) is 0.125. The van der Waals surface area contributed by atoms with Crippen LogP contribution in [-0.2, 0) is 35.8 Å². The van der Waals surface area contributed by atoms with E-state index in [0.29, 0.717) is 61.5 Å². The van der Waals surface area contributed by atoms with Gasteiger partial charge in [0.05, 0.1) is 0 Å². The first-order valence-corrected chi connectivity index (χ1v) is 25.1. The summed E-state index contributed by atoms with van der Waals surface area (Å²) in [5, 5.41) is 17.4. The van der Waals surface area contributed by atoms with Crippen molar-refractivity contribution in [2.24, 2.45) is 0 Å². The first-order chi connectivity index (χ1) is 37.1. The molecule has 0 atom stereocenters. The van der Waals surface area contributed by atoms with Gasteiger partial charge in [0, 0.05) is 85.5 Å². The molecule has 4 aliphatic rings. The summed E-state index contributed by atoms with van der Waals surface area (Å²) in [6.45, 7) is 2.12. The number of nitrogens with one attached hydrogen (secondary N) is 6. The van der Waals surface area contributed by atoms with Crippen LogP contribution in [-0.4, -0.2) is 48.5 Å². The van der Waals surface area contributed by atoms with Crippen LogP contribution in [0.3, 0.4) is 0 Å². The zero-order valence-corrected chi connectivity index (χ0v) is 41.8. The Kier molecular flexibility index (Phi) is 18.6. The zero-order valence-electron chi connectivity index (χ0n) is 41.8. The maximum absolute atomic E-state index is 12.7. The standard InChI is InChI=1S/C32H28N4O4.C32H30N2O2/c37-29-25-3-1-4-26(15-25)30(38)34-18-22-9-13-24(14-10-22)20-36-32(40)28-6-2-5-27(16-28)31(39)35-19-23-11-7-21(8-12-23)17-33-29;35-31(33-23-29(25-13-5-1-6-14-25)26-15-7-2-8-16-26)21-22-32(36)34-24-30(27-17-9-3-10-18-27)28-19-11-4-12-20-28/h1-16H,17-20H2,(H,33,37)(H,34,38)(H,35,39)(H,36,40);1-22,29-30H,23-24H2,(H,33,35)(H,34,36)/b;22-21+. The van der Waals surface area contributed by atoms with E-state index in [9.17, 15) is 28.8 Å². The van der Waals surface area contributed by atoms with Crippen LogP contribution < -0.4 is 31.9 Å². The number of benzene rings is 8. The molecule has 4 heterocycles. The molecule has 12 nitrogen and oxygen atoms in total. The Labute approximate surface area is 442 Å². The highest BCUT2D eigenvalue weighted by Crippen LogP contribution is 2.25. The molecular formula is C64H58N6O6. The molecule has 0 spiro atoms. The van der Waals surface area contributed by atoms with Crippen molar-refractivity contribution in [1.29, 1.82) is 0 Å². The van der Waals surface area contributed by atoms with Crippen molar-refractivity contribution in [2.75, 3.05) is 13.1 Å². The molecule has 0 saturated heterocycles. The summed E-state index contributed by atoms with van der Waals surface area (Å²) in [7, 11) is 0. The van der Waals surface area contributed by atoms with Crippen LogP contribution in [0.1, 0.15) is 97.8 Å². The Morgan fingerprint density at radius 2 is 0.579 bits per heavy atom. The summed E-state index contributed by atoms with van der Waals surface area (Å²) in [6.07, 6.45) is 2.59. The summed E-state index contributed by atoms with van der Waals surface area (Å²) in [6, 6.07) is 68.6. The third-order valence-corrected chi connectivity index (χ3v) is 12.8. The van der Waals surface area contributed by atoms with Crippen molar-refractivity contribution in [2.45, 2.75) is 38.0 Å². The van der Waals surface area contributed by atoms with Crippen molar-refractivity contribution >= 4 is 35.4 Å². The van der Waals surface area contributed by atoms with E-state index >= 15 is 0 Å². The van der Waals surface area contributed by atoms with Crippen LogP contribution in [0.5, 0.6) is 0 Å². The van der Waals surface area contributed by atoms with Gasteiger partial charge in [-0.1, -0.05) is 182 Å². The fourth-order valence-electron chi connectivity index (χ4n) is 8.56. The summed E-state index contributed by atoms with van der Waals surface area (Å²) in [4.78, 5) is 76.0. The lowest BCUT2D eigenvalue weighted by Gasteiger charge is -2.18. The van der Waals surface area contributed by atoms with E-state index in [4.69, 9.17) is 0 Å². The molecule has 6 N–H and O–H groups in total. The van der Waals surface area contributed by atoms with Gasteiger partial charge in [-0.25, -0.2) is 0 Å². The van der Waals surface area contributed by atoms with Gasteiger partial charge in [0.15, 0.2) is 0 Å². The van der Waals surface area contributed by atoms with Gasteiger partial charge >= 0.3 is 0 Å². The second kappa shape index (κ2) is 26.9. The minimum absolute atomic E-state index is 0.0241. The predicted molar refractivity (Wildman–Crippen MR) is 295 cm³/mol. The van der Waals surface area contributed by atoms with E-state index in [1.165, 1.54) is 12.2 Å². The molecule has 0 fully saturated rings. The molecule has 76 heavy (non-hydrogen) atoms. The monoisotopic (exact) mass is 1010 g/mol. The van der Waals surface area contributed by atoms with Crippen LogP contribution in [0.2, 0.25) is 0 Å². The van der Waals surface area contributed by atoms with E-state index in [0.717, 1.165) is 44.5 Å². The van der Waals surface area contributed by atoms with Crippen LogP contribution in [0.4, 0.5) is 0 Å². The van der Waals surface area contributed by atoms with Crippen LogP contribution in [0, 0.1) is 0 Å². The summed E-state index contributed by atoms with van der Waals surface area (Å²) < 4.78 is 0. The largest absolute Gasteiger partial charge is 0.352 e. The second-order valence-corrected chi connectivity index (χ2v) is 18.1. The Morgan fingerprint density at radius 1 is 0.342 bits per heavy atom. The fourth-order valence-corrected chi connectivity index (χ4v) is 8.56. The van der Waals surface area contributed by atoms with E-state index in [1.54, 1.807) is 48.5 Å². The molecule has 0 aromatic heterocycles. The van der Waals surface area contributed by atoms with Gasteiger partial charge in [0.2, 0.25) is 11.8 Å². The van der Waals surface area contributed by atoms with Crippen molar-refractivity contribution in [3.63, 3.8) is 0 Å². The molecule has 8 aromatic rings. The molecule has 0 unspecified atom stereocenters. The molecule has 380 valence electrons. The molecule has 12 rings (SSSR count). The minimum atomic E-state index is -0.301. The quantitative estimate of drug-likeness (QED) is 0.0746. The van der Waals surface area contributed by atoms with Crippen molar-refractivity contribution in [1.82, 2.24) is 31.9 Å². The predicted octanol–water partition coefficient (Wildman–Crippen LogP) is 9.16. The minimum Gasteiger partial charge on any atom is -0.352 e. The molecule has 4 aliphatic heterocycles. The first-order valence-electron chi connectivity index (χ1n) is 25.1. The van der Waals surface area contributed by atoms with Gasteiger partial charge in [-0.05, 0) is 80.9 Å². The van der Waals surface area contributed by atoms with Crippen molar-refractivity contribution < 1.29 is 28.8 Å². The molecule has 0 radical (unpaired) electrons. The number of carbonyl (C=O) groups is 6. The molecule has 12 heteroatoms. The lowest BCUT2D eigenvalue weighted by molar-refractivity contribution is -0.118. The summed E-state index contributed by atoms with van der Waals surface area (Å²) in [5.41, 5.74) is 9.63. The number of rotatable bonds is 10. The normalized spacial score (nSPS) is 12.9. The first kappa shape index (κ1) is 52.6. The number of carbonyl (C=O) groups excluding carboxylic acids is 6. The lowest BCUT2D eigenvalue weighted by atomic mass is 9.91. The third kappa shape index (κ3) is 15.4. The Morgan fingerprint density at radius 3 is 0.816 bits per heavy atom. The van der Waals surface area contributed by atoms with E-state index in [1.807, 2.05) is 121 Å². The molecule has 8 aromatic carbocycles. The Bertz CT molecular complexity index is 2850. The van der Waals surface area contributed by atoms with Gasteiger partial charge in [0.25, 0.3) is 23.6 Å². The summed E-state index contributed by atoms with van der Waals surface area (Å²) in [5.74, 6) is -1.68. The molecular weight excluding hydrogens is 949 g/mol. The number of hydrogen-bond acceptors (Lipinski definition) is 6. The average Bonchev–Trinajstić information content (AvgIpc) is 3.48. The molecule has 0 aliphatic carbocycles. The van der Waals surface area contributed by atoms with Gasteiger partial charge in [-0.3, -0.25) is 28.8 Å². The Hall–Kier alpha value is -9.68. The summed E-state index contributed by atoms with van der Waals surface area (Å²) >= 11 is 0. The van der Waals surface area contributed by atoms with Crippen LogP contribution >= 0.6 is 0 Å². The Balaban J connectivity index is 0.000000203. The van der Waals surface area contributed by atoms with Crippen molar-refractivity contribution in [3.05, 3.63) is 297 Å². The highest BCUT2D eigenvalue weighted by Gasteiger charge is 2.18. The molecule has 8 bridgehead atoms. The van der Waals surface area contributed by atoms with E-state index < -0.39 is 0 Å². The smallest absolute Gasteiger partial charge is 0.251 e.